The molecule has 2 aromatic rings. The van der Waals surface area contributed by atoms with Crippen molar-refractivity contribution in [2.75, 3.05) is 25.1 Å². The van der Waals surface area contributed by atoms with Gasteiger partial charge in [0.05, 0.1) is 25.0 Å². The third-order valence-electron chi connectivity index (χ3n) is 3.09. The molecule has 17 heavy (non-hydrogen) atoms. The van der Waals surface area contributed by atoms with Crippen molar-refractivity contribution >= 4 is 16.7 Å². The predicted molar refractivity (Wildman–Crippen MR) is 63.6 cm³/mol. The predicted octanol–water partition coefficient (Wildman–Crippen LogP) is 2.38. The SMILES string of the molecule is N#CC1(CNc2coc3ccccc23)COC1. The van der Waals surface area contributed by atoms with Crippen molar-refractivity contribution in [1.82, 2.24) is 0 Å². The van der Waals surface area contributed by atoms with E-state index >= 15 is 0 Å². The quantitative estimate of drug-likeness (QED) is 0.876. The molecule has 1 saturated heterocycles. The highest BCUT2D eigenvalue weighted by Gasteiger charge is 2.38. The molecule has 0 amide bonds. The Morgan fingerprint density at radius 3 is 2.88 bits per heavy atom. The standard InChI is InChI=1S/C13H12N2O2/c14-6-13(8-16-9-13)7-15-11-5-17-12-4-2-1-3-10(11)12/h1-5,15H,7-9H2. The zero-order valence-corrected chi connectivity index (χ0v) is 9.27. The first kappa shape index (κ1) is 10.2. The number of para-hydroxylation sites is 1. The van der Waals surface area contributed by atoms with E-state index in [1.54, 1.807) is 6.26 Å². The van der Waals surface area contributed by atoms with E-state index in [0.717, 1.165) is 16.7 Å². The minimum absolute atomic E-state index is 0.377. The number of nitriles is 1. The van der Waals surface area contributed by atoms with Gasteiger partial charge in [-0.3, -0.25) is 0 Å². The van der Waals surface area contributed by atoms with Crippen molar-refractivity contribution in [3.05, 3.63) is 30.5 Å². The molecule has 86 valence electrons. The molecule has 1 aliphatic heterocycles. The second-order valence-corrected chi connectivity index (χ2v) is 4.38. The Morgan fingerprint density at radius 1 is 1.35 bits per heavy atom. The van der Waals surface area contributed by atoms with Gasteiger partial charge in [0.1, 0.15) is 17.3 Å². The average molecular weight is 228 g/mol. The van der Waals surface area contributed by atoms with E-state index in [1.807, 2.05) is 24.3 Å². The molecular weight excluding hydrogens is 216 g/mol. The first-order chi connectivity index (χ1) is 8.33. The van der Waals surface area contributed by atoms with Crippen molar-refractivity contribution in [3.8, 4) is 6.07 Å². The Bertz CT molecular complexity index is 578. The van der Waals surface area contributed by atoms with Gasteiger partial charge in [-0.25, -0.2) is 0 Å². The van der Waals surface area contributed by atoms with Crippen LogP contribution in [0.3, 0.4) is 0 Å². The first-order valence-electron chi connectivity index (χ1n) is 5.52. The maximum Gasteiger partial charge on any atom is 0.136 e. The molecule has 0 atom stereocenters. The van der Waals surface area contributed by atoms with Gasteiger partial charge in [0.25, 0.3) is 0 Å². The summed E-state index contributed by atoms with van der Waals surface area (Å²) in [4.78, 5) is 0. The summed E-state index contributed by atoms with van der Waals surface area (Å²) in [5, 5.41) is 13.4. The molecule has 2 heterocycles. The van der Waals surface area contributed by atoms with E-state index < -0.39 is 0 Å². The van der Waals surface area contributed by atoms with Gasteiger partial charge >= 0.3 is 0 Å². The summed E-state index contributed by atoms with van der Waals surface area (Å²) in [7, 11) is 0. The number of ether oxygens (including phenoxy) is 1. The molecule has 1 aliphatic rings. The maximum atomic E-state index is 9.09. The van der Waals surface area contributed by atoms with Gasteiger partial charge in [0.2, 0.25) is 0 Å². The lowest BCUT2D eigenvalue weighted by Gasteiger charge is -2.35. The van der Waals surface area contributed by atoms with E-state index in [-0.39, 0.29) is 5.41 Å². The molecule has 0 radical (unpaired) electrons. The van der Waals surface area contributed by atoms with E-state index in [4.69, 9.17) is 14.4 Å². The number of benzene rings is 1. The summed E-state index contributed by atoms with van der Waals surface area (Å²) in [6.07, 6.45) is 1.69. The third-order valence-corrected chi connectivity index (χ3v) is 3.09. The van der Waals surface area contributed by atoms with Crippen LogP contribution in [0.4, 0.5) is 5.69 Å². The van der Waals surface area contributed by atoms with Gasteiger partial charge in [-0.15, -0.1) is 0 Å². The zero-order chi connectivity index (χ0) is 11.7. The molecule has 3 rings (SSSR count). The molecule has 1 aromatic heterocycles. The van der Waals surface area contributed by atoms with Crippen LogP contribution in [0, 0.1) is 16.7 Å². The summed E-state index contributed by atoms with van der Waals surface area (Å²) >= 11 is 0. The molecule has 1 aromatic carbocycles. The second kappa shape index (κ2) is 3.79. The molecule has 0 spiro atoms. The Morgan fingerprint density at radius 2 is 2.18 bits per heavy atom. The van der Waals surface area contributed by atoms with Crippen LogP contribution < -0.4 is 5.32 Å². The number of rotatable bonds is 3. The van der Waals surface area contributed by atoms with Crippen LogP contribution in [0.5, 0.6) is 0 Å². The van der Waals surface area contributed by atoms with Crippen LogP contribution in [0.2, 0.25) is 0 Å². The van der Waals surface area contributed by atoms with Crippen LogP contribution in [-0.2, 0) is 4.74 Å². The molecule has 1 fully saturated rings. The monoisotopic (exact) mass is 228 g/mol. The second-order valence-electron chi connectivity index (χ2n) is 4.38. The van der Waals surface area contributed by atoms with Crippen LogP contribution in [0.1, 0.15) is 0 Å². The number of anilines is 1. The molecule has 0 aliphatic carbocycles. The lowest BCUT2D eigenvalue weighted by atomic mass is 9.88. The zero-order valence-electron chi connectivity index (χ0n) is 9.27. The van der Waals surface area contributed by atoms with Crippen molar-refractivity contribution in [2.45, 2.75) is 0 Å². The molecular formula is C13H12N2O2. The highest BCUT2D eigenvalue weighted by molar-refractivity contribution is 5.90. The fraction of sp³-hybridized carbons (Fsp3) is 0.308. The number of nitrogens with zero attached hydrogens (tertiary/aromatic N) is 1. The maximum absolute atomic E-state index is 9.09. The fourth-order valence-corrected chi connectivity index (χ4v) is 1.93. The highest BCUT2D eigenvalue weighted by Crippen LogP contribution is 2.30. The third kappa shape index (κ3) is 1.65. The van der Waals surface area contributed by atoms with Gasteiger partial charge in [0, 0.05) is 11.9 Å². The molecule has 0 bridgehead atoms. The summed E-state index contributed by atoms with van der Waals surface area (Å²) in [6.45, 7) is 1.60. The fourth-order valence-electron chi connectivity index (χ4n) is 1.93. The lowest BCUT2D eigenvalue weighted by Crippen LogP contribution is -2.46. The first-order valence-corrected chi connectivity index (χ1v) is 5.52. The largest absolute Gasteiger partial charge is 0.462 e. The van der Waals surface area contributed by atoms with E-state index in [1.165, 1.54) is 0 Å². The Hall–Kier alpha value is -1.99. The number of hydrogen-bond acceptors (Lipinski definition) is 4. The normalized spacial score (nSPS) is 17.4. The van der Waals surface area contributed by atoms with Crippen molar-refractivity contribution in [3.63, 3.8) is 0 Å². The summed E-state index contributed by atoms with van der Waals surface area (Å²) < 4.78 is 10.5. The molecule has 4 heteroatoms. The lowest BCUT2D eigenvalue weighted by molar-refractivity contribution is -0.0690. The molecule has 0 unspecified atom stereocenters. The van der Waals surface area contributed by atoms with Gasteiger partial charge in [-0.1, -0.05) is 12.1 Å². The van der Waals surface area contributed by atoms with Crippen LogP contribution >= 0.6 is 0 Å². The van der Waals surface area contributed by atoms with Gasteiger partial charge in [0.15, 0.2) is 0 Å². The van der Waals surface area contributed by atoms with E-state index in [2.05, 4.69) is 11.4 Å². The molecule has 4 nitrogen and oxygen atoms in total. The average Bonchev–Trinajstić information content (AvgIpc) is 2.72. The summed E-state index contributed by atoms with van der Waals surface area (Å²) in [5.74, 6) is 0. The summed E-state index contributed by atoms with van der Waals surface area (Å²) in [6, 6.07) is 10.1. The van der Waals surface area contributed by atoms with E-state index in [0.29, 0.717) is 19.8 Å². The Kier molecular flexibility index (Phi) is 2.27. The topological polar surface area (TPSA) is 58.2 Å². The van der Waals surface area contributed by atoms with Crippen molar-refractivity contribution in [2.24, 2.45) is 5.41 Å². The highest BCUT2D eigenvalue weighted by atomic mass is 16.5. The Balaban J connectivity index is 1.79. The number of fused-ring (bicyclic) bond motifs is 1. The number of furan rings is 1. The minimum atomic E-state index is -0.377. The van der Waals surface area contributed by atoms with Gasteiger partial charge < -0.3 is 14.5 Å². The molecule has 0 saturated carbocycles. The minimum Gasteiger partial charge on any atom is -0.462 e. The number of nitrogens with one attached hydrogen (secondary N) is 1. The Labute approximate surface area is 98.8 Å². The van der Waals surface area contributed by atoms with Gasteiger partial charge in [-0.05, 0) is 12.1 Å². The van der Waals surface area contributed by atoms with Crippen molar-refractivity contribution in [1.29, 1.82) is 5.26 Å². The van der Waals surface area contributed by atoms with Gasteiger partial charge in [-0.2, -0.15) is 5.26 Å². The number of hydrogen-bond donors (Lipinski definition) is 1. The van der Waals surface area contributed by atoms with Crippen LogP contribution in [-0.4, -0.2) is 19.8 Å². The van der Waals surface area contributed by atoms with Crippen LogP contribution in [0.15, 0.2) is 34.9 Å². The van der Waals surface area contributed by atoms with Crippen LogP contribution in [0.25, 0.3) is 11.0 Å². The summed E-state index contributed by atoms with van der Waals surface area (Å²) in [5.41, 5.74) is 1.41. The smallest absolute Gasteiger partial charge is 0.136 e. The molecule has 1 N–H and O–H groups in total. The van der Waals surface area contributed by atoms with E-state index in [9.17, 15) is 0 Å². The van der Waals surface area contributed by atoms with Crippen molar-refractivity contribution < 1.29 is 9.15 Å².